The van der Waals surface area contributed by atoms with Crippen LogP contribution >= 0.6 is 0 Å². The molecule has 3 N–H and O–H groups in total. The van der Waals surface area contributed by atoms with E-state index in [0.29, 0.717) is 22.9 Å². The highest BCUT2D eigenvalue weighted by Gasteiger charge is 2.26. The lowest BCUT2D eigenvalue weighted by molar-refractivity contribution is -0.118. The molecule has 9 nitrogen and oxygen atoms in total. The number of amides is 2. The van der Waals surface area contributed by atoms with Crippen LogP contribution in [-0.2, 0) is 14.8 Å². The molecular formula is C25H31N5O4S. The number of rotatable bonds is 8. The number of nitrogens with zero attached hydrogens (tertiary/aromatic N) is 2. The molecule has 3 aromatic rings. The predicted octanol–water partition coefficient (Wildman–Crippen LogP) is 3.49. The summed E-state index contributed by atoms with van der Waals surface area (Å²) in [6.45, 7) is 9.20. The molecule has 0 bridgehead atoms. The number of fused-ring (bicyclic) bond motifs is 1. The summed E-state index contributed by atoms with van der Waals surface area (Å²) in [5.74, 6) is -0.876. The van der Waals surface area contributed by atoms with Crippen LogP contribution < -0.4 is 15.4 Å². The van der Waals surface area contributed by atoms with E-state index in [2.05, 4.69) is 25.3 Å². The summed E-state index contributed by atoms with van der Waals surface area (Å²) in [6.07, 6.45) is 3.30. The van der Waals surface area contributed by atoms with E-state index >= 15 is 0 Å². The minimum Gasteiger partial charge on any atom is -0.337 e. The Kier molecular flexibility index (Phi) is 7.86. The van der Waals surface area contributed by atoms with E-state index in [1.807, 2.05) is 13.8 Å². The van der Waals surface area contributed by atoms with E-state index in [1.165, 1.54) is 18.5 Å². The molecule has 2 amide bonds. The van der Waals surface area contributed by atoms with E-state index in [9.17, 15) is 18.0 Å². The van der Waals surface area contributed by atoms with Crippen molar-refractivity contribution in [2.45, 2.75) is 57.5 Å². The van der Waals surface area contributed by atoms with E-state index < -0.39 is 33.4 Å². The normalized spacial score (nSPS) is 13.0. The minimum atomic E-state index is -3.80. The summed E-state index contributed by atoms with van der Waals surface area (Å²) in [7, 11) is -3.80. The first kappa shape index (κ1) is 26.2. The Labute approximate surface area is 205 Å². The number of hydrogen-bond acceptors (Lipinski definition) is 6. The van der Waals surface area contributed by atoms with Gasteiger partial charge >= 0.3 is 0 Å². The number of hydrogen-bond donors (Lipinski definition) is 3. The first-order chi connectivity index (χ1) is 16.4. The second-order valence-electron chi connectivity index (χ2n) is 9.73. The quantitative estimate of drug-likeness (QED) is 0.437. The molecule has 0 radical (unpaired) electrons. The first-order valence-electron chi connectivity index (χ1n) is 11.3. The molecule has 1 unspecified atom stereocenters. The summed E-state index contributed by atoms with van der Waals surface area (Å²) < 4.78 is 28.7. The zero-order valence-electron chi connectivity index (χ0n) is 20.5. The molecule has 0 saturated heterocycles. The smallest absolute Gasteiger partial charge is 0.289 e. The number of carbonyl (C=O) groups is 2. The van der Waals surface area contributed by atoms with Crippen LogP contribution in [0.1, 0.15) is 51.7 Å². The van der Waals surface area contributed by atoms with Crippen molar-refractivity contribution in [3.05, 3.63) is 60.7 Å². The van der Waals surface area contributed by atoms with Gasteiger partial charge in [-0.3, -0.25) is 9.59 Å². The highest BCUT2D eigenvalue weighted by molar-refractivity contribution is 7.89. The van der Waals surface area contributed by atoms with Crippen molar-refractivity contribution in [2.24, 2.45) is 5.92 Å². The van der Waals surface area contributed by atoms with Gasteiger partial charge in [0.1, 0.15) is 6.04 Å². The Bertz CT molecular complexity index is 1320. The Morgan fingerprint density at radius 1 is 0.943 bits per heavy atom. The van der Waals surface area contributed by atoms with E-state index in [-0.39, 0.29) is 16.6 Å². The van der Waals surface area contributed by atoms with Crippen LogP contribution in [0.5, 0.6) is 0 Å². The van der Waals surface area contributed by atoms with Crippen LogP contribution in [0.2, 0.25) is 0 Å². The van der Waals surface area contributed by atoms with Crippen LogP contribution in [0.15, 0.2) is 59.8 Å². The van der Waals surface area contributed by atoms with Gasteiger partial charge in [0, 0.05) is 34.4 Å². The molecular weight excluding hydrogens is 466 g/mol. The molecule has 186 valence electrons. The van der Waals surface area contributed by atoms with Crippen molar-refractivity contribution in [2.75, 3.05) is 5.32 Å². The van der Waals surface area contributed by atoms with Gasteiger partial charge in [-0.05, 0) is 51.3 Å². The minimum absolute atomic E-state index is 0.0274. The lowest BCUT2D eigenvalue weighted by Gasteiger charge is -2.22. The Hall–Kier alpha value is -3.37. The largest absolute Gasteiger partial charge is 0.337 e. The van der Waals surface area contributed by atoms with Gasteiger partial charge in [-0.15, -0.1) is 0 Å². The zero-order valence-corrected chi connectivity index (χ0v) is 21.3. The maximum atomic E-state index is 13.2. The van der Waals surface area contributed by atoms with Crippen molar-refractivity contribution in [1.29, 1.82) is 0 Å². The SMILES string of the molecule is CC(C)CC(NC(=O)c1ncccn1)C(=O)Nc1cccc2c(S(=O)(=O)NC(C)(C)C)cccc12. The van der Waals surface area contributed by atoms with Crippen molar-refractivity contribution >= 4 is 38.3 Å². The van der Waals surface area contributed by atoms with E-state index in [0.717, 1.165) is 0 Å². The molecule has 35 heavy (non-hydrogen) atoms. The van der Waals surface area contributed by atoms with Crippen LogP contribution in [0.3, 0.4) is 0 Å². The standard InChI is InChI=1S/C25H31N5O4S/c1-16(2)15-20(29-24(32)22-26-13-8-14-27-22)23(31)28-19-11-6-10-18-17(19)9-7-12-21(18)35(33,34)30-25(3,4)5/h6-14,16,20,30H,15H2,1-5H3,(H,28,31)(H,29,32). The highest BCUT2D eigenvalue weighted by atomic mass is 32.2. The second-order valence-corrected chi connectivity index (χ2v) is 11.4. The highest BCUT2D eigenvalue weighted by Crippen LogP contribution is 2.29. The molecule has 0 saturated carbocycles. The molecule has 1 aromatic heterocycles. The van der Waals surface area contributed by atoms with E-state index in [4.69, 9.17) is 0 Å². The molecule has 0 fully saturated rings. The first-order valence-corrected chi connectivity index (χ1v) is 12.8. The van der Waals surface area contributed by atoms with Crippen molar-refractivity contribution in [3.8, 4) is 0 Å². The third kappa shape index (κ3) is 6.83. The average Bonchev–Trinajstić information content (AvgIpc) is 2.77. The number of carbonyl (C=O) groups excluding carboxylic acids is 2. The van der Waals surface area contributed by atoms with Gasteiger partial charge in [0.25, 0.3) is 5.91 Å². The maximum absolute atomic E-state index is 13.2. The zero-order chi connectivity index (χ0) is 25.8. The maximum Gasteiger partial charge on any atom is 0.289 e. The third-order valence-electron chi connectivity index (χ3n) is 4.97. The summed E-state index contributed by atoms with van der Waals surface area (Å²) in [5.41, 5.74) is -0.211. The Morgan fingerprint density at radius 2 is 1.57 bits per heavy atom. The fraction of sp³-hybridized carbons (Fsp3) is 0.360. The number of nitrogens with one attached hydrogen (secondary N) is 3. The van der Waals surface area contributed by atoms with Crippen molar-refractivity contribution < 1.29 is 18.0 Å². The topological polar surface area (TPSA) is 130 Å². The lowest BCUT2D eigenvalue weighted by atomic mass is 10.0. The van der Waals surface area contributed by atoms with Gasteiger partial charge in [0.2, 0.25) is 21.8 Å². The van der Waals surface area contributed by atoms with Crippen LogP contribution in [-0.4, -0.2) is 41.8 Å². The Morgan fingerprint density at radius 3 is 2.20 bits per heavy atom. The molecule has 3 rings (SSSR count). The van der Waals surface area contributed by atoms with Gasteiger partial charge in [-0.1, -0.05) is 38.1 Å². The Balaban J connectivity index is 1.92. The average molecular weight is 498 g/mol. The lowest BCUT2D eigenvalue weighted by Crippen LogP contribution is -2.45. The molecule has 0 aliphatic carbocycles. The summed E-state index contributed by atoms with van der Waals surface area (Å²) >= 11 is 0. The number of sulfonamides is 1. The van der Waals surface area contributed by atoms with Gasteiger partial charge in [-0.2, -0.15) is 0 Å². The van der Waals surface area contributed by atoms with Gasteiger partial charge in [-0.25, -0.2) is 23.1 Å². The molecule has 10 heteroatoms. The van der Waals surface area contributed by atoms with Crippen LogP contribution in [0.25, 0.3) is 10.8 Å². The fourth-order valence-electron chi connectivity index (χ4n) is 3.64. The van der Waals surface area contributed by atoms with Gasteiger partial charge < -0.3 is 10.6 Å². The second kappa shape index (κ2) is 10.5. The monoisotopic (exact) mass is 497 g/mol. The molecule has 0 spiro atoms. The van der Waals surface area contributed by atoms with Gasteiger partial charge in [0.05, 0.1) is 4.90 Å². The summed E-state index contributed by atoms with van der Waals surface area (Å²) in [5, 5.41) is 6.62. The number of aromatic nitrogens is 2. The summed E-state index contributed by atoms with van der Waals surface area (Å²) in [4.78, 5) is 33.8. The predicted molar refractivity (Wildman–Crippen MR) is 135 cm³/mol. The number of benzene rings is 2. The molecule has 1 atom stereocenters. The van der Waals surface area contributed by atoms with Crippen LogP contribution in [0, 0.1) is 5.92 Å². The third-order valence-corrected chi connectivity index (χ3v) is 6.78. The van der Waals surface area contributed by atoms with Crippen molar-refractivity contribution in [3.63, 3.8) is 0 Å². The molecule has 0 aliphatic rings. The summed E-state index contributed by atoms with van der Waals surface area (Å²) in [6, 6.07) is 10.7. The van der Waals surface area contributed by atoms with E-state index in [1.54, 1.807) is 57.2 Å². The molecule has 1 heterocycles. The van der Waals surface area contributed by atoms with Gasteiger partial charge in [0.15, 0.2) is 0 Å². The molecule has 2 aromatic carbocycles. The number of anilines is 1. The van der Waals surface area contributed by atoms with Crippen molar-refractivity contribution in [1.82, 2.24) is 20.0 Å². The molecule has 0 aliphatic heterocycles. The van der Waals surface area contributed by atoms with Crippen LogP contribution in [0.4, 0.5) is 5.69 Å². The fourth-order valence-corrected chi connectivity index (χ4v) is 5.29.